The average molecular weight is 324 g/mol. The van der Waals surface area contributed by atoms with Gasteiger partial charge in [0.15, 0.2) is 5.76 Å². The van der Waals surface area contributed by atoms with Gasteiger partial charge in [0.2, 0.25) is 0 Å². The van der Waals surface area contributed by atoms with Gasteiger partial charge in [0.1, 0.15) is 17.1 Å². The summed E-state index contributed by atoms with van der Waals surface area (Å²) in [7, 11) is 0. The van der Waals surface area contributed by atoms with Crippen molar-refractivity contribution in [2.24, 2.45) is 0 Å². The SMILES string of the molecule is Cc1ccc(/C=C/C(=O)NNC(=O)c2oc3ccccc3c2C)o1. The lowest BCUT2D eigenvalue weighted by Gasteiger charge is -2.03. The smallest absolute Gasteiger partial charge is 0.305 e. The van der Waals surface area contributed by atoms with Crippen LogP contribution in [-0.4, -0.2) is 11.8 Å². The molecule has 0 aliphatic heterocycles. The molecule has 3 aromatic rings. The number of hydrazine groups is 1. The highest BCUT2D eigenvalue weighted by Gasteiger charge is 2.17. The van der Waals surface area contributed by atoms with Gasteiger partial charge in [-0.1, -0.05) is 18.2 Å². The minimum absolute atomic E-state index is 0.169. The van der Waals surface area contributed by atoms with Crippen LogP contribution in [0.25, 0.3) is 17.0 Å². The van der Waals surface area contributed by atoms with Crippen molar-refractivity contribution in [2.45, 2.75) is 13.8 Å². The lowest BCUT2D eigenvalue weighted by molar-refractivity contribution is -0.117. The van der Waals surface area contributed by atoms with Crippen LogP contribution < -0.4 is 10.9 Å². The molecule has 24 heavy (non-hydrogen) atoms. The van der Waals surface area contributed by atoms with Crippen LogP contribution in [-0.2, 0) is 4.79 Å². The summed E-state index contributed by atoms with van der Waals surface area (Å²) in [5.41, 5.74) is 5.98. The zero-order valence-corrected chi connectivity index (χ0v) is 13.3. The van der Waals surface area contributed by atoms with Crippen LogP contribution in [0.2, 0.25) is 0 Å². The van der Waals surface area contributed by atoms with E-state index in [0.29, 0.717) is 11.3 Å². The fraction of sp³-hybridized carbons (Fsp3) is 0.111. The van der Waals surface area contributed by atoms with Crippen LogP contribution in [0, 0.1) is 13.8 Å². The predicted octanol–water partition coefficient (Wildman–Crippen LogP) is 3.12. The number of furan rings is 2. The van der Waals surface area contributed by atoms with Gasteiger partial charge in [-0.05, 0) is 38.1 Å². The molecule has 2 N–H and O–H groups in total. The number of carbonyl (C=O) groups is 2. The van der Waals surface area contributed by atoms with E-state index in [2.05, 4.69) is 10.9 Å². The quantitative estimate of drug-likeness (QED) is 0.572. The number of aryl methyl sites for hydroxylation is 2. The van der Waals surface area contributed by atoms with E-state index in [9.17, 15) is 9.59 Å². The highest BCUT2D eigenvalue weighted by Crippen LogP contribution is 2.24. The van der Waals surface area contributed by atoms with Crippen molar-refractivity contribution in [3.63, 3.8) is 0 Å². The molecule has 0 aliphatic rings. The minimum atomic E-state index is -0.515. The second-order valence-electron chi connectivity index (χ2n) is 5.28. The van der Waals surface area contributed by atoms with Crippen molar-refractivity contribution in [1.29, 1.82) is 0 Å². The summed E-state index contributed by atoms with van der Waals surface area (Å²) in [5, 5.41) is 0.863. The van der Waals surface area contributed by atoms with Crippen molar-refractivity contribution < 1.29 is 18.4 Å². The highest BCUT2D eigenvalue weighted by atomic mass is 16.3. The van der Waals surface area contributed by atoms with Crippen LogP contribution in [0.15, 0.2) is 51.3 Å². The Morgan fingerprint density at radius 1 is 1.00 bits per heavy atom. The van der Waals surface area contributed by atoms with Crippen LogP contribution in [0.3, 0.4) is 0 Å². The normalized spacial score (nSPS) is 11.1. The van der Waals surface area contributed by atoms with Gasteiger partial charge in [-0.2, -0.15) is 0 Å². The molecule has 3 rings (SSSR count). The summed E-state index contributed by atoms with van der Waals surface area (Å²) in [6.07, 6.45) is 2.78. The van der Waals surface area contributed by atoms with Gasteiger partial charge in [0.25, 0.3) is 5.91 Å². The molecule has 0 fully saturated rings. The third-order valence-electron chi connectivity index (χ3n) is 3.51. The summed E-state index contributed by atoms with van der Waals surface area (Å²) >= 11 is 0. The number of amides is 2. The Kier molecular flexibility index (Phi) is 4.20. The fourth-order valence-corrected chi connectivity index (χ4v) is 2.31. The number of fused-ring (bicyclic) bond motifs is 1. The number of benzene rings is 1. The summed E-state index contributed by atoms with van der Waals surface area (Å²) < 4.78 is 10.8. The molecule has 0 bridgehead atoms. The van der Waals surface area contributed by atoms with Gasteiger partial charge in [-0.15, -0.1) is 0 Å². The lowest BCUT2D eigenvalue weighted by Crippen LogP contribution is -2.40. The number of rotatable bonds is 3. The molecule has 6 nitrogen and oxygen atoms in total. The molecule has 0 aliphatic carbocycles. The van der Waals surface area contributed by atoms with Gasteiger partial charge in [-0.25, -0.2) is 0 Å². The first kappa shape index (κ1) is 15.6. The van der Waals surface area contributed by atoms with Crippen molar-refractivity contribution in [2.75, 3.05) is 0 Å². The Morgan fingerprint density at radius 3 is 2.50 bits per heavy atom. The van der Waals surface area contributed by atoms with E-state index >= 15 is 0 Å². The van der Waals surface area contributed by atoms with Gasteiger partial charge >= 0.3 is 5.91 Å². The van der Waals surface area contributed by atoms with Gasteiger partial charge in [0, 0.05) is 17.0 Å². The van der Waals surface area contributed by atoms with Crippen LogP contribution >= 0.6 is 0 Å². The standard InChI is InChI=1S/C18H16N2O4/c1-11-7-8-13(23-11)9-10-16(21)19-20-18(22)17-12(2)14-5-3-4-6-15(14)24-17/h3-10H,1-2H3,(H,19,21)(H,20,22)/b10-9+. The summed E-state index contributed by atoms with van der Waals surface area (Å²) in [5.74, 6) is 0.485. The van der Waals surface area contributed by atoms with E-state index in [-0.39, 0.29) is 5.76 Å². The van der Waals surface area contributed by atoms with Crippen molar-refractivity contribution >= 4 is 28.9 Å². The number of para-hydroxylation sites is 1. The van der Waals surface area contributed by atoms with E-state index < -0.39 is 11.8 Å². The molecule has 0 saturated heterocycles. The second-order valence-corrected chi connectivity index (χ2v) is 5.28. The first-order valence-corrected chi connectivity index (χ1v) is 7.37. The molecule has 2 heterocycles. The van der Waals surface area contributed by atoms with Crippen LogP contribution in [0.5, 0.6) is 0 Å². The van der Waals surface area contributed by atoms with E-state index in [4.69, 9.17) is 8.83 Å². The fourth-order valence-electron chi connectivity index (χ4n) is 2.31. The second kappa shape index (κ2) is 6.45. The summed E-state index contributed by atoms with van der Waals surface area (Å²) in [4.78, 5) is 23.9. The Hall–Kier alpha value is -3.28. The number of hydrogen-bond acceptors (Lipinski definition) is 4. The first-order valence-electron chi connectivity index (χ1n) is 7.37. The van der Waals surface area contributed by atoms with Gasteiger partial charge in [0.05, 0.1) is 0 Å². The highest BCUT2D eigenvalue weighted by molar-refractivity contribution is 6.00. The molecule has 0 atom stereocenters. The monoisotopic (exact) mass is 324 g/mol. The Balaban J connectivity index is 1.63. The van der Waals surface area contributed by atoms with E-state index in [1.165, 1.54) is 12.2 Å². The molecule has 2 amide bonds. The van der Waals surface area contributed by atoms with E-state index in [1.807, 2.05) is 25.1 Å². The molecule has 0 unspecified atom stereocenters. The van der Waals surface area contributed by atoms with Gasteiger partial charge in [-0.3, -0.25) is 20.4 Å². The zero-order chi connectivity index (χ0) is 17.1. The predicted molar refractivity (Wildman–Crippen MR) is 89.0 cm³/mol. The average Bonchev–Trinajstić information content (AvgIpc) is 3.15. The summed E-state index contributed by atoms with van der Waals surface area (Å²) in [6.45, 7) is 3.61. The maximum Gasteiger partial charge on any atom is 0.305 e. The Labute approximate surface area is 138 Å². The third-order valence-corrected chi connectivity index (χ3v) is 3.51. The lowest BCUT2D eigenvalue weighted by atomic mass is 10.1. The maximum atomic E-state index is 12.2. The molecule has 0 saturated carbocycles. The van der Waals surface area contributed by atoms with E-state index in [1.54, 1.807) is 25.1 Å². The zero-order valence-electron chi connectivity index (χ0n) is 13.3. The van der Waals surface area contributed by atoms with Crippen molar-refractivity contribution in [3.8, 4) is 0 Å². The Morgan fingerprint density at radius 2 is 1.79 bits per heavy atom. The van der Waals surface area contributed by atoms with Crippen LogP contribution in [0.1, 0.15) is 27.6 Å². The Bertz CT molecular complexity index is 934. The molecule has 0 spiro atoms. The number of hydrogen-bond donors (Lipinski definition) is 2. The molecule has 122 valence electrons. The molecular formula is C18H16N2O4. The summed E-state index contributed by atoms with van der Waals surface area (Å²) in [6, 6.07) is 10.9. The molecule has 2 aromatic heterocycles. The van der Waals surface area contributed by atoms with Gasteiger partial charge < -0.3 is 8.83 Å². The van der Waals surface area contributed by atoms with Crippen molar-refractivity contribution in [1.82, 2.24) is 10.9 Å². The third kappa shape index (κ3) is 3.22. The maximum absolute atomic E-state index is 12.2. The van der Waals surface area contributed by atoms with Crippen molar-refractivity contribution in [3.05, 3.63) is 65.3 Å². The van der Waals surface area contributed by atoms with Crippen LogP contribution in [0.4, 0.5) is 0 Å². The number of carbonyl (C=O) groups excluding carboxylic acids is 2. The topological polar surface area (TPSA) is 84.5 Å². The molecule has 1 aromatic carbocycles. The minimum Gasteiger partial charge on any atom is -0.462 e. The first-order chi connectivity index (χ1) is 11.5. The molecular weight excluding hydrogens is 308 g/mol. The number of nitrogens with one attached hydrogen (secondary N) is 2. The largest absolute Gasteiger partial charge is 0.462 e. The molecule has 0 radical (unpaired) electrons. The molecule has 6 heteroatoms. The van der Waals surface area contributed by atoms with E-state index in [0.717, 1.165) is 16.7 Å².